The van der Waals surface area contributed by atoms with Crippen LogP contribution in [0.15, 0.2) is 42.5 Å². The van der Waals surface area contributed by atoms with Crippen LogP contribution in [0.5, 0.6) is 5.75 Å². The lowest BCUT2D eigenvalue weighted by Crippen LogP contribution is -2.14. The Morgan fingerprint density at radius 2 is 1.69 bits per heavy atom. The molecule has 0 atom stereocenters. The van der Waals surface area contributed by atoms with Crippen molar-refractivity contribution in [2.24, 2.45) is 0 Å². The summed E-state index contributed by atoms with van der Waals surface area (Å²) in [7, 11) is 0. The molecule has 3 aromatic rings. The molecule has 0 saturated heterocycles. The first-order valence-electron chi connectivity index (χ1n) is 9.32. The molecule has 1 aromatic heterocycles. The van der Waals surface area contributed by atoms with Crippen molar-refractivity contribution in [3.63, 3.8) is 0 Å². The zero-order valence-corrected chi connectivity index (χ0v) is 17.3. The van der Waals surface area contributed by atoms with E-state index in [9.17, 15) is 9.59 Å². The summed E-state index contributed by atoms with van der Waals surface area (Å²) in [4.78, 5) is 24.2. The Morgan fingerprint density at radius 3 is 2.34 bits per heavy atom. The van der Waals surface area contributed by atoms with Crippen LogP contribution in [-0.2, 0) is 14.3 Å². The Kier molecular flexibility index (Phi) is 6.44. The summed E-state index contributed by atoms with van der Waals surface area (Å²) >= 11 is 6.02. The van der Waals surface area contributed by atoms with Gasteiger partial charge >= 0.3 is 11.9 Å². The standard InChI is InChI=1S/C22H22ClNO5/c1-4-27-20(25)13-29-17-10-11-19-18(12-17)21(22(26)28-5-2)14(3)24(19)16-8-6-15(23)7-9-16/h6-12H,4-5,13H2,1-3H3. The molecule has 0 radical (unpaired) electrons. The highest BCUT2D eigenvalue weighted by molar-refractivity contribution is 6.30. The number of aromatic nitrogens is 1. The molecule has 0 fully saturated rings. The number of halogens is 1. The van der Waals surface area contributed by atoms with Gasteiger partial charge in [0.25, 0.3) is 0 Å². The van der Waals surface area contributed by atoms with E-state index < -0.39 is 11.9 Å². The van der Waals surface area contributed by atoms with E-state index in [0.717, 1.165) is 16.9 Å². The maximum absolute atomic E-state index is 12.7. The van der Waals surface area contributed by atoms with E-state index in [-0.39, 0.29) is 19.8 Å². The summed E-state index contributed by atoms with van der Waals surface area (Å²) in [5, 5.41) is 1.31. The smallest absolute Gasteiger partial charge is 0.344 e. The van der Waals surface area contributed by atoms with Crippen molar-refractivity contribution in [1.82, 2.24) is 4.57 Å². The van der Waals surface area contributed by atoms with E-state index in [1.807, 2.05) is 29.7 Å². The van der Waals surface area contributed by atoms with Gasteiger partial charge in [-0.15, -0.1) is 0 Å². The topological polar surface area (TPSA) is 66.8 Å². The third-order valence-corrected chi connectivity index (χ3v) is 4.65. The van der Waals surface area contributed by atoms with E-state index in [0.29, 0.717) is 21.7 Å². The molecule has 0 amide bonds. The zero-order chi connectivity index (χ0) is 21.0. The van der Waals surface area contributed by atoms with Crippen molar-refractivity contribution in [3.8, 4) is 11.4 Å². The Bertz CT molecular complexity index is 1040. The van der Waals surface area contributed by atoms with Gasteiger partial charge in [-0.2, -0.15) is 0 Å². The molecule has 0 unspecified atom stereocenters. The maximum atomic E-state index is 12.7. The molecular weight excluding hydrogens is 394 g/mol. The Labute approximate surface area is 173 Å². The number of hydrogen-bond acceptors (Lipinski definition) is 5. The number of fused-ring (bicyclic) bond motifs is 1. The van der Waals surface area contributed by atoms with Gasteiger partial charge in [0.15, 0.2) is 6.61 Å². The number of nitrogens with zero attached hydrogens (tertiary/aromatic N) is 1. The van der Waals surface area contributed by atoms with E-state index in [1.54, 1.807) is 38.1 Å². The summed E-state index contributed by atoms with van der Waals surface area (Å²) in [5.74, 6) is -0.400. The molecule has 0 aliphatic heterocycles. The largest absolute Gasteiger partial charge is 0.482 e. The zero-order valence-electron chi connectivity index (χ0n) is 16.5. The summed E-state index contributed by atoms with van der Waals surface area (Å²) in [6.07, 6.45) is 0. The second-order valence-electron chi connectivity index (χ2n) is 6.27. The highest BCUT2D eigenvalue weighted by atomic mass is 35.5. The Balaban J connectivity index is 2.10. The third kappa shape index (κ3) is 4.38. The molecule has 0 saturated carbocycles. The van der Waals surface area contributed by atoms with Crippen molar-refractivity contribution in [2.45, 2.75) is 20.8 Å². The molecule has 29 heavy (non-hydrogen) atoms. The average molecular weight is 416 g/mol. The molecule has 7 heteroatoms. The second kappa shape index (κ2) is 9.01. The quantitative estimate of drug-likeness (QED) is 0.523. The molecule has 0 N–H and O–H groups in total. The number of ether oxygens (including phenoxy) is 3. The van der Waals surface area contributed by atoms with Crippen LogP contribution in [0, 0.1) is 6.92 Å². The summed E-state index contributed by atoms with van der Waals surface area (Å²) in [6, 6.07) is 12.7. The number of carbonyl (C=O) groups is 2. The summed E-state index contributed by atoms with van der Waals surface area (Å²) < 4.78 is 17.7. The lowest BCUT2D eigenvalue weighted by atomic mass is 10.1. The SMILES string of the molecule is CCOC(=O)COc1ccc2c(c1)c(C(=O)OCC)c(C)n2-c1ccc(Cl)cc1. The normalized spacial score (nSPS) is 10.8. The average Bonchev–Trinajstić information content (AvgIpc) is 2.98. The van der Waals surface area contributed by atoms with Gasteiger partial charge in [-0.25, -0.2) is 9.59 Å². The van der Waals surface area contributed by atoms with Crippen molar-refractivity contribution < 1.29 is 23.8 Å². The number of esters is 2. The monoisotopic (exact) mass is 415 g/mol. The second-order valence-corrected chi connectivity index (χ2v) is 6.70. The fourth-order valence-electron chi connectivity index (χ4n) is 3.22. The van der Waals surface area contributed by atoms with Gasteiger partial charge in [-0.3, -0.25) is 0 Å². The van der Waals surface area contributed by atoms with Crippen molar-refractivity contribution in [2.75, 3.05) is 19.8 Å². The molecular formula is C22H22ClNO5. The van der Waals surface area contributed by atoms with Gasteiger partial charge in [0.05, 0.1) is 24.3 Å². The highest BCUT2D eigenvalue weighted by Crippen LogP contribution is 2.33. The first-order valence-corrected chi connectivity index (χ1v) is 9.70. The van der Waals surface area contributed by atoms with Gasteiger partial charge in [0, 0.05) is 21.8 Å². The molecule has 0 aliphatic rings. The minimum atomic E-state index is -0.451. The van der Waals surface area contributed by atoms with E-state index in [2.05, 4.69) is 0 Å². The van der Waals surface area contributed by atoms with Gasteiger partial charge in [-0.05, 0) is 63.2 Å². The first kappa shape index (κ1) is 20.7. The first-order chi connectivity index (χ1) is 14.0. The predicted octanol–water partition coefficient (Wildman–Crippen LogP) is 4.71. The molecule has 0 spiro atoms. The molecule has 0 bridgehead atoms. The van der Waals surface area contributed by atoms with Crippen LogP contribution < -0.4 is 4.74 Å². The highest BCUT2D eigenvalue weighted by Gasteiger charge is 2.22. The Morgan fingerprint density at radius 1 is 1.00 bits per heavy atom. The van der Waals surface area contributed by atoms with Crippen LogP contribution in [0.2, 0.25) is 5.02 Å². The van der Waals surface area contributed by atoms with E-state index in [1.165, 1.54) is 0 Å². The third-order valence-electron chi connectivity index (χ3n) is 4.40. The fraction of sp³-hybridized carbons (Fsp3) is 0.273. The van der Waals surface area contributed by atoms with Crippen molar-refractivity contribution in [1.29, 1.82) is 0 Å². The van der Waals surface area contributed by atoms with Crippen LogP contribution in [0.3, 0.4) is 0 Å². The van der Waals surface area contributed by atoms with Crippen LogP contribution in [0.4, 0.5) is 0 Å². The van der Waals surface area contributed by atoms with Crippen LogP contribution >= 0.6 is 11.6 Å². The molecule has 2 aromatic carbocycles. The lowest BCUT2D eigenvalue weighted by molar-refractivity contribution is -0.145. The predicted molar refractivity (Wildman–Crippen MR) is 111 cm³/mol. The van der Waals surface area contributed by atoms with E-state index >= 15 is 0 Å². The maximum Gasteiger partial charge on any atom is 0.344 e. The fourth-order valence-corrected chi connectivity index (χ4v) is 3.34. The molecule has 0 aliphatic carbocycles. The van der Waals surface area contributed by atoms with Gasteiger partial charge < -0.3 is 18.8 Å². The minimum absolute atomic E-state index is 0.203. The summed E-state index contributed by atoms with van der Waals surface area (Å²) in [6.45, 7) is 5.71. The van der Waals surface area contributed by atoms with Gasteiger partial charge in [0.2, 0.25) is 0 Å². The van der Waals surface area contributed by atoms with Crippen LogP contribution in [0.25, 0.3) is 16.6 Å². The molecule has 3 rings (SSSR count). The number of benzene rings is 2. The minimum Gasteiger partial charge on any atom is -0.482 e. The van der Waals surface area contributed by atoms with Gasteiger partial charge in [-0.1, -0.05) is 11.6 Å². The van der Waals surface area contributed by atoms with Crippen LogP contribution in [-0.4, -0.2) is 36.3 Å². The molecule has 6 nitrogen and oxygen atoms in total. The number of rotatable bonds is 7. The summed E-state index contributed by atoms with van der Waals surface area (Å²) in [5.41, 5.74) is 2.88. The lowest BCUT2D eigenvalue weighted by Gasteiger charge is -2.09. The van der Waals surface area contributed by atoms with Crippen molar-refractivity contribution >= 4 is 34.4 Å². The molecule has 1 heterocycles. The van der Waals surface area contributed by atoms with Gasteiger partial charge in [0.1, 0.15) is 5.75 Å². The van der Waals surface area contributed by atoms with Crippen molar-refractivity contribution in [3.05, 3.63) is 58.7 Å². The Hall–Kier alpha value is -2.99. The number of carbonyl (C=O) groups excluding carboxylic acids is 2. The number of hydrogen-bond donors (Lipinski definition) is 0. The van der Waals surface area contributed by atoms with Crippen LogP contribution in [0.1, 0.15) is 29.9 Å². The molecule has 152 valence electrons. The van der Waals surface area contributed by atoms with E-state index in [4.69, 9.17) is 25.8 Å².